The molecule has 2 rings (SSSR count). The zero-order valence-electron chi connectivity index (χ0n) is 10.8. The van der Waals surface area contributed by atoms with Crippen molar-refractivity contribution in [3.63, 3.8) is 0 Å². The zero-order valence-corrected chi connectivity index (χ0v) is 10.8. The molecule has 0 aromatic heterocycles. The summed E-state index contributed by atoms with van der Waals surface area (Å²) in [7, 11) is 0. The van der Waals surface area contributed by atoms with E-state index < -0.39 is 0 Å². The molecule has 0 bridgehead atoms. The van der Waals surface area contributed by atoms with Gasteiger partial charge in [0.1, 0.15) is 0 Å². The number of nitrogen functional groups attached to an aromatic ring is 4. The Bertz CT molecular complexity index is 515. The van der Waals surface area contributed by atoms with E-state index in [2.05, 4.69) is 0 Å². The van der Waals surface area contributed by atoms with E-state index in [4.69, 9.17) is 22.9 Å². The van der Waals surface area contributed by atoms with Crippen molar-refractivity contribution < 1.29 is 0 Å². The predicted octanol–water partition coefficient (Wildman–Crippen LogP) is 2.95. The zero-order chi connectivity index (χ0) is 13.7. The number of aryl methyl sites for hydroxylation is 2. The number of hydrogen-bond donors (Lipinski definition) is 4. The van der Waals surface area contributed by atoms with Gasteiger partial charge in [-0.25, -0.2) is 0 Å². The molecule has 0 saturated carbocycles. The Labute approximate surface area is 115 Å². The fourth-order valence-corrected chi connectivity index (χ4v) is 1.40. The summed E-state index contributed by atoms with van der Waals surface area (Å²) in [5, 5.41) is 0. The molecule has 0 fully saturated rings. The minimum absolute atomic E-state index is 0. The molecule has 104 valence electrons. The topological polar surface area (TPSA) is 104 Å². The first kappa shape index (κ1) is 16.6. The first-order valence-corrected chi connectivity index (χ1v) is 5.64. The summed E-state index contributed by atoms with van der Waals surface area (Å²) in [6, 6.07) is 11.2. The van der Waals surface area contributed by atoms with Crippen molar-refractivity contribution in [1.29, 1.82) is 0 Å². The van der Waals surface area contributed by atoms with Crippen LogP contribution in [-0.4, -0.2) is 0 Å². The lowest BCUT2D eigenvalue weighted by molar-refractivity contribution is 1.47. The molecule has 8 N–H and O–H groups in total. The van der Waals surface area contributed by atoms with Crippen LogP contribution in [0.5, 0.6) is 0 Å². The Morgan fingerprint density at radius 1 is 0.737 bits per heavy atom. The molecule has 0 radical (unpaired) electrons. The number of nitrogens with two attached hydrogens (primary N) is 4. The van der Waals surface area contributed by atoms with Gasteiger partial charge in [0.2, 0.25) is 0 Å². The predicted molar refractivity (Wildman–Crippen MR) is 86.7 cm³/mol. The molecule has 0 unspecified atom stereocenters. The van der Waals surface area contributed by atoms with Crippen LogP contribution < -0.4 is 22.9 Å². The van der Waals surface area contributed by atoms with Crippen molar-refractivity contribution >= 4 is 22.7 Å². The maximum absolute atomic E-state index is 5.56. The van der Waals surface area contributed by atoms with Gasteiger partial charge in [0.25, 0.3) is 0 Å². The van der Waals surface area contributed by atoms with Gasteiger partial charge in [-0.3, -0.25) is 0 Å². The van der Waals surface area contributed by atoms with Crippen LogP contribution in [0.4, 0.5) is 22.7 Å². The average molecular weight is 260 g/mol. The third kappa shape index (κ3) is 4.79. The van der Waals surface area contributed by atoms with Crippen molar-refractivity contribution in [3.05, 3.63) is 47.5 Å². The van der Waals surface area contributed by atoms with Crippen molar-refractivity contribution in [2.45, 2.75) is 21.3 Å². The van der Waals surface area contributed by atoms with Crippen LogP contribution in [0.2, 0.25) is 0 Å². The molecule has 0 amide bonds. The largest absolute Gasteiger partial charge is 0.397 e. The number of hydrogen-bond acceptors (Lipinski definition) is 4. The first-order chi connectivity index (χ1) is 8.41. The van der Waals surface area contributed by atoms with Crippen LogP contribution in [0.1, 0.15) is 18.6 Å². The van der Waals surface area contributed by atoms with Gasteiger partial charge in [-0.05, 0) is 43.2 Å². The molecular formula is C15H24N4. The summed E-state index contributed by atoms with van der Waals surface area (Å²) < 4.78 is 0. The quantitative estimate of drug-likeness (QED) is 0.546. The molecule has 0 aliphatic rings. The van der Waals surface area contributed by atoms with Crippen LogP contribution in [0.3, 0.4) is 0 Å². The Balaban J connectivity index is 0.000000324. The van der Waals surface area contributed by atoms with Gasteiger partial charge in [-0.2, -0.15) is 0 Å². The minimum atomic E-state index is 0. The van der Waals surface area contributed by atoms with Crippen LogP contribution in [-0.2, 0) is 0 Å². The second kappa shape index (κ2) is 7.16. The standard InChI is InChI=1S/2C7H10N2.CH4/c1-5-2-3-6(8)7(9)4-5;1-5-3-2-4-6(8)7(5)9;/h2*2-4H,8-9H2,1H3;1H4. The Morgan fingerprint density at radius 3 is 1.79 bits per heavy atom. The third-order valence-electron chi connectivity index (χ3n) is 2.60. The molecule has 19 heavy (non-hydrogen) atoms. The average Bonchev–Trinajstić information content (AvgIpc) is 2.32. The maximum atomic E-state index is 5.56. The Hall–Kier alpha value is -2.36. The highest BCUT2D eigenvalue weighted by atomic mass is 14.7. The molecule has 4 nitrogen and oxygen atoms in total. The maximum Gasteiger partial charge on any atom is 0.0577 e. The summed E-state index contributed by atoms with van der Waals surface area (Å²) in [6.07, 6.45) is 0. The van der Waals surface area contributed by atoms with E-state index in [1.165, 1.54) is 0 Å². The lowest BCUT2D eigenvalue weighted by Gasteiger charge is -2.00. The van der Waals surface area contributed by atoms with Crippen LogP contribution in [0, 0.1) is 13.8 Å². The molecule has 0 aliphatic heterocycles. The molecule has 4 heteroatoms. The van der Waals surface area contributed by atoms with Crippen LogP contribution in [0.15, 0.2) is 36.4 Å². The van der Waals surface area contributed by atoms with Crippen molar-refractivity contribution in [2.24, 2.45) is 0 Å². The monoisotopic (exact) mass is 260 g/mol. The molecular weight excluding hydrogens is 236 g/mol. The van der Waals surface area contributed by atoms with E-state index >= 15 is 0 Å². The van der Waals surface area contributed by atoms with Gasteiger partial charge in [-0.15, -0.1) is 0 Å². The fourth-order valence-electron chi connectivity index (χ4n) is 1.40. The lowest BCUT2D eigenvalue weighted by Crippen LogP contribution is -1.95. The van der Waals surface area contributed by atoms with Crippen molar-refractivity contribution in [3.8, 4) is 0 Å². The van der Waals surface area contributed by atoms with Gasteiger partial charge >= 0.3 is 0 Å². The first-order valence-electron chi connectivity index (χ1n) is 5.64. The molecule has 0 atom stereocenters. The van der Waals surface area contributed by atoms with Crippen LogP contribution in [0.25, 0.3) is 0 Å². The molecule has 0 saturated heterocycles. The number of para-hydroxylation sites is 1. The fraction of sp³-hybridized carbons (Fsp3) is 0.200. The molecule has 0 aliphatic carbocycles. The van der Waals surface area contributed by atoms with Gasteiger partial charge in [-0.1, -0.05) is 25.6 Å². The van der Waals surface area contributed by atoms with Gasteiger partial charge in [0, 0.05) is 0 Å². The second-order valence-electron chi connectivity index (χ2n) is 4.21. The van der Waals surface area contributed by atoms with E-state index in [1.807, 2.05) is 44.2 Å². The smallest absolute Gasteiger partial charge is 0.0577 e. The number of rotatable bonds is 0. The highest BCUT2D eigenvalue weighted by Gasteiger charge is 1.93. The normalized spacial score (nSPS) is 8.95. The van der Waals surface area contributed by atoms with Gasteiger partial charge < -0.3 is 22.9 Å². The van der Waals surface area contributed by atoms with Gasteiger partial charge in [0.15, 0.2) is 0 Å². The molecule has 2 aromatic rings. The summed E-state index contributed by atoms with van der Waals surface area (Å²) in [6.45, 7) is 3.92. The minimum Gasteiger partial charge on any atom is -0.397 e. The highest BCUT2D eigenvalue weighted by Crippen LogP contribution is 2.17. The SMILES string of the molecule is C.Cc1ccc(N)c(N)c1.Cc1cccc(N)c1N. The third-order valence-corrected chi connectivity index (χ3v) is 2.60. The molecule has 0 heterocycles. The van der Waals surface area contributed by atoms with Crippen molar-refractivity contribution in [2.75, 3.05) is 22.9 Å². The molecule has 2 aromatic carbocycles. The van der Waals surface area contributed by atoms with E-state index in [0.29, 0.717) is 22.7 Å². The summed E-state index contributed by atoms with van der Waals surface area (Å²) in [5.74, 6) is 0. The second-order valence-corrected chi connectivity index (χ2v) is 4.21. The van der Waals surface area contributed by atoms with E-state index in [9.17, 15) is 0 Å². The lowest BCUT2D eigenvalue weighted by atomic mass is 10.2. The summed E-state index contributed by atoms with van der Waals surface area (Å²) in [5.41, 5.74) is 26.9. The summed E-state index contributed by atoms with van der Waals surface area (Å²) in [4.78, 5) is 0. The van der Waals surface area contributed by atoms with E-state index in [0.717, 1.165) is 11.1 Å². The van der Waals surface area contributed by atoms with Crippen molar-refractivity contribution in [1.82, 2.24) is 0 Å². The van der Waals surface area contributed by atoms with Gasteiger partial charge in [0.05, 0.1) is 22.7 Å². The summed E-state index contributed by atoms with van der Waals surface area (Å²) >= 11 is 0. The van der Waals surface area contributed by atoms with E-state index in [-0.39, 0.29) is 7.43 Å². The molecule has 0 spiro atoms. The van der Waals surface area contributed by atoms with Crippen LogP contribution >= 0.6 is 0 Å². The Kier molecular flexibility index (Phi) is 6.27. The highest BCUT2D eigenvalue weighted by molar-refractivity contribution is 5.66. The Morgan fingerprint density at radius 2 is 1.37 bits per heavy atom. The number of benzene rings is 2. The number of anilines is 4. The van der Waals surface area contributed by atoms with E-state index in [1.54, 1.807) is 6.07 Å².